The summed E-state index contributed by atoms with van der Waals surface area (Å²) < 4.78 is 0. The molecular weight excluding hydrogens is 202 g/mol. The van der Waals surface area contributed by atoms with E-state index in [2.05, 4.69) is 20.3 Å². The first-order chi connectivity index (χ1) is 7.06. The predicted octanol–water partition coefficient (Wildman–Crippen LogP) is -2.08. The number of hydrogen-bond acceptors (Lipinski definition) is 7. The van der Waals surface area contributed by atoms with Gasteiger partial charge in [-0.3, -0.25) is 10.1 Å². The van der Waals surface area contributed by atoms with Crippen LogP contribution in [0.1, 0.15) is 11.9 Å². The Morgan fingerprint density at radius 1 is 1.07 bits per heavy atom. The van der Waals surface area contributed by atoms with E-state index in [4.69, 9.17) is 11.5 Å². The number of aromatic nitrogens is 3. The molecule has 78 valence electrons. The molecule has 1 saturated heterocycles. The molecule has 0 radical (unpaired) electrons. The molecular formula is C6H7N7O2. The van der Waals surface area contributed by atoms with Crippen LogP contribution in [-0.2, 0) is 4.79 Å². The van der Waals surface area contributed by atoms with Gasteiger partial charge in [-0.15, -0.1) is 0 Å². The standard InChI is InChI=1S/C6H7N7O2/c7-4-10-2(11-5(8)13-4)1-3(14)12-6(15)9-1/h1H,(H2,9,12,14,15)(H4,7,8,10,11,13). The van der Waals surface area contributed by atoms with Gasteiger partial charge in [0, 0.05) is 0 Å². The highest BCUT2D eigenvalue weighted by Gasteiger charge is 2.33. The lowest BCUT2D eigenvalue weighted by Crippen LogP contribution is -2.23. The third kappa shape index (κ3) is 1.61. The number of imide groups is 1. The van der Waals surface area contributed by atoms with Crippen molar-refractivity contribution in [3.05, 3.63) is 5.82 Å². The van der Waals surface area contributed by atoms with Crippen molar-refractivity contribution in [2.45, 2.75) is 6.04 Å². The molecule has 15 heavy (non-hydrogen) atoms. The zero-order chi connectivity index (χ0) is 11.0. The molecule has 0 spiro atoms. The lowest BCUT2D eigenvalue weighted by atomic mass is 10.3. The Bertz CT molecular complexity index is 425. The smallest absolute Gasteiger partial charge is 0.322 e. The Morgan fingerprint density at radius 3 is 2.13 bits per heavy atom. The number of hydrogen-bond donors (Lipinski definition) is 4. The average Bonchev–Trinajstić information content (AvgIpc) is 2.43. The summed E-state index contributed by atoms with van der Waals surface area (Å²) in [5.74, 6) is -0.744. The number of rotatable bonds is 1. The van der Waals surface area contributed by atoms with E-state index in [1.165, 1.54) is 0 Å². The van der Waals surface area contributed by atoms with E-state index < -0.39 is 18.0 Å². The fourth-order valence-corrected chi connectivity index (χ4v) is 1.15. The quantitative estimate of drug-likeness (QED) is 0.387. The molecule has 1 aromatic heterocycles. The monoisotopic (exact) mass is 209 g/mol. The second-order valence-electron chi connectivity index (χ2n) is 2.81. The van der Waals surface area contributed by atoms with E-state index in [1.54, 1.807) is 0 Å². The normalized spacial score (nSPS) is 19.9. The number of carbonyl (C=O) groups excluding carboxylic acids is 2. The fraction of sp³-hybridized carbons (Fsp3) is 0.167. The molecule has 9 heteroatoms. The molecule has 6 N–H and O–H groups in total. The minimum Gasteiger partial charge on any atom is -0.368 e. The van der Waals surface area contributed by atoms with Gasteiger partial charge in [-0.1, -0.05) is 0 Å². The number of anilines is 2. The van der Waals surface area contributed by atoms with Crippen molar-refractivity contribution in [1.29, 1.82) is 0 Å². The van der Waals surface area contributed by atoms with Crippen molar-refractivity contribution in [2.75, 3.05) is 11.5 Å². The third-order valence-electron chi connectivity index (χ3n) is 1.72. The van der Waals surface area contributed by atoms with Crippen LogP contribution < -0.4 is 22.1 Å². The molecule has 2 rings (SSSR count). The Balaban J connectivity index is 2.37. The van der Waals surface area contributed by atoms with Gasteiger partial charge in [0.15, 0.2) is 11.9 Å². The van der Waals surface area contributed by atoms with Gasteiger partial charge in [0.05, 0.1) is 0 Å². The number of nitrogens with one attached hydrogen (secondary N) is 2. The summed E-state index contributed by atoms with van der Waals surface area (Å²) in [6.45, 7) is 0. The van der Waals surface area contributed by atoms with E-state index in [0.29, 0.717) is 0 Å². The van der Waals surface area contributed by atoms with E-state index in [9.17, 15) is 9.59 Å². The highest BCUT2D eigenvalue weighted by Crippen LogP contribution is 2.13. The molecule has 1 fully saturated rings. The zero-order valence-electron chi connectivity index (χ0n) is 7.39. The van der Waals surface area contributed by atoms with Crippen LogP contribution in [0.2, 0.25) is 0 Å². The lowest BCUT2D eigenvalue weighted by molar-refractivity contribution is -0.120. The van der Waals surface area contributed by atoms with Crippen LogP contribution in [0.15, 0.2) is 0 Å². The van der Waals surface area contributed by atoms with E-state index in [-0.39, 0.29) is 17.7 Å². The van der Waals surface area contributed by atoms with Crippen LogP contribution >= 0.6 is 0 Å². The second kappa shape index (κ2) is 3.04. The van der Waals surface area contributed by atoms with Gasteiger partial charge in [0.25, 0.3) is 5.91 Å². The minimum absolute atomic E-state index is 0.0170. The maximum atomic E-state index is 11.2. The van der Waals surface area contributed by atoms with Crippen LogP contribution in [0.25, 0.3) is 0 Å². The summed E-state index contributed by atoms with van der Waals surface area (Å²) in [5.41, 5.74) is 10.6. The van der Waals surface area contributed by atoms with E-state index in [0.717, 1.165) is 0 Å². The van der Waals surface area contributed by atoms with E-state index in [1.807, 2.05) is 5.32 Å². The van der Waals surface area contributed by atoms with Gasteiger partial charge in [0.1, 0.15) is 0 Å². The molecule has 1 aliphatic rings. The van der Waals surface area contributed by atoms with Crippen molar-refractivity contribution in [2.24, 2.45) is 0 Å². The van der Waals surface area contributed by atoms with Gasteiger partial charge in [-0.2, -0.15) is 15.0 Å². The van der Waals surface area contributed by atoms with E-state index >= 15 is 0 Å². The molecule has 1 atom stereocenters. The van der Waals surface area contributed by atoms with Crippen LogP contribution in [-0.4, -0.2) is 26.9 Å². The summed E-state index contributed by atoms with van der Waals surface area (Å²) >= 11 is 0. The predicted molar refractivity (Wildman–Crippen MR) is 48.1 cm³/mol. The highest BCUT2D eigenvalue weighted by atomic mass is 16.2. The molecule has 0 saturated carbocycles. The van der Waals surface area contributed by atoms with Crippen molar-refractivity contribution in [3.8, 4) is 0 Å². The fourth-order valence-electron chi connectivity index (χ4n) is 1.15. The summed E-state index contributed by atoms with van der Waals surface area (Å²) in [4.78, 5) is 33.0. The minimum atomic E-state index is -0.968. The van der Waals surface area contributed by atoms with Gasteiger partial charge in [-0.05, 0) is 0 Å². The number of nitrogens with two attached hydrogens (primary N) is 2. The zero-order valence-corrected chi connectivity index (χ0v) is 7.39. The number of nitrogen functional groups attached to an aromatic ring is 2. The second-order valence-corrected chi connectivity index (χ2v) is 2.81. The van der Waals surface area contributed by atoms with Crippen LogP contribution in [0, 0.1) is 0 Å². The molecule has 1 aliphatic heterocycles. The first-order valence-corrected chi connectivity index (χ1v) is 3.94. The van der Waals surface area contributed by atoms with Gasteiger partial charge in [-0.25, -0.2) is 4.79 Å². The highest BCUT2D eigenvalue weighted by molar-refractivity contribution is 6.04. The van der Waals surface area contributed by atoms with Gasteiger partial charge in [0.2, 0.25) is 11.9 Å². The molecule has 9 nitrogen and oxygen atoms in total. The van der Waals surface area contributed by atoms with Crippen LogP contribution in [0.3, 0.4) is 0 Å². The first-order valence-electron chi connectivity index (χ1n) is 3.94. The largest absolute Gasteiger partial charge is 0.368 e. The van der Waals surface area contributed by atoms with Crippen molar-refractivity contribution < 1.29 is 9.59 Å². The molecule has 0 aliphatic carbocycles. The van der Waals surface area contributed by atoms with Crippen LogP contribution in [0.5, 0.6) is 0 Å². The Kier molecular flexibility index (Phi) is 1.85. The number of amides is 3. The Hall–Kier alpha value is -2.45. The van der Waals surface area contributed by atoms with Crippen LogP contribution in [0.4, 0.5) is 16.7 Å². The summed E-state index contributed by atoms with van der Waals surface area (Å²) in [6, 6.07) is -1.58. The molecule has 0 bridgehead atoms. The Morgan fingerprint density at radius 2 is 1.67 bits per heavy atom. The topological polar surface area (TPSA) is 149 Å². The number of nitrogens with zero attached hydrogens (tertiary/aromatic N) is 3. The maximum Gasteiger partial charge on any atom is 0.322 e. The Labute approximate surface area is 83.3 Å². The molecule has 0 aromatic carbocycles. The van der Waals surface area contributed by atoms with Crippen molar-refractivity contribution in [3.63, 3.8) is 0 Å². The summed E-state index contributed by atoms with van der Waals surface area (Å²) in [5, 5.41) is 4.34. The summed E-state index contributed by atoms with van der Waals surface area (Å²) in [7, 11) is 0. The molecule has 3 amide bonds. The molecule has 2 heterocycles. The first kappa shape index (κ1) is 9.12. The third-order valence-corrected chi connectivity index (χ3v) is 1.72. The maximum absolute atomic E-state index is 11.2. The number of carbonyl (C=O) groups is 2. The van der Waals surface area contributed by atoms with Crippen molar-refractivity contribution >= 4 is 23.8 Å². The average molecular weight is 209 g/mol. The molecule has 1 aromatic rings. The summed E-state index contributed by atoms with van der Waals surface area (Å²) in [6.07, 6.45) is 0. The SMILES string of the molecule is Nc1nc(N)nc(C2NC(=O)NC2=O)n1. The van der Waals surface area contributed by atoms with Gasteiger partial charge < -0.3 is 16.8 Å². The van der Waals surface area contributed by atoms with Crippen molar-refractivity contribution in [1.82, 2.24) is 25.6 Å². The number of urea groups is 1. The lowest BCUT2D eigenvalue weighted by Gasteiger charge is -2.05. The molecule has 1 unspecified atom stereocenters. The van der Waals surface area contributed by atoms with Gasteiger partial charge >= 0.3 is 6.03 Å².